The van der Waals surface area contributed by atoms with Gasteiger partial charge in [0.1, 0.15) is 0 Å². The summed E-state index contributed by atoms with van der Waals surface area (Å²) in [5, 5.41) is 1.02. The zero-order chi connectivity index (χ0) is 14.1. The molecule has 0 atom stereocenters. The summed E-state index contributed by atoms with van der Waals surface area (Å²) in [6, 6.07) is 10.2. The van der Waals surface area contributed by atoms with Crippen LogP contribution >= 0.6 is 0 Å². The molecule has 3 heteroatoms. The van der Waals surface area contributed by atoms with Crippen LogP contribution in [0.5, 0.6) is 0 Å². The molecule has 2 N–H and O–H groups in total. The maximum absolute atomic E-state index is 6.30. The standard InChI is InChI=1S/C17H17N3/c1-11-10-20-12(2)8-14(11)9-13-5-6-16-15(17(13)18)4-3-7-19-16/h3-8,10H,9,18H2,1-2H3. The molecule has 0 spiro atoms. The predicted molar refractivity (Wildman–Crippen MR) is 82.7 cm³/mol. The number of anilines is 1. The van der Waals surface area contributed by atoms with E-state index in [2.05, 4.69) is 29.0 Å². The van der Waals surface area contributed by atoms with Gasteiger partial charge in [-0.2, -0.15) is 0 Å². The van der Waals surface area contributed by atoms with Crippen molar-refractivity contribution in [2.45, 2.75) is 20.3 Å². The normalized spacial score (nSPS) is 10.9. The van der Waals surface area contributed by atoms with E-state index in [4.69, 9.17) is 5.73 Å². The lowest BCUT2D eigenvalue weighted by Crippen LogP contribution is -2.00. The molecule has 1 aromatic carbocycles. The van der Waals surface area contributed by atoms with Gasteiger partial charge in [-0.1, -0.05) is 6.07 Å². The fourth-order valence-corrected chi connectivity index (χ4v) is 2.45. The summed E-state index contributed by atoms with van der Waals surface area (Å²) in [7, 11) is 0. The second kappa shape index (κ2) is 4.93. The van der Waals surface area contributed by atoms with Gasteiger partial charge in [0.2, 0.25) is 0 Å². The van der Waals surface area contributed by atoms with Gasteiger partial charge < -0.3 is 5.73 Å². The molecule has 0 radical (unpaired) electrons. The predicted octanol–water partition coefficient (Wildman–Crippen LogP) is 3.42. The Labute approximate surface area is 118 Å². The van der Waals surface area contributed by atoms with Gasteiger partial charge in [0.25, 0.3) is 0 Å². The van der Waals surface area contributed by atoms with Crippen molar-refractivity contribution in [1.29, 1.82) is 0 Å². The molecule has 0 fully saturated rings. The minimum absolute atomic E-state index is 0.824. The number of hydrogen-bond acceptors (Lipinski definition) is 3. The third kappa shape index (κ3) is 2.23. The van der Waals surface area contributed by atoms with Crippen molar-refractivity contribution in [3.05, 3.63) is 65.1 Å². The highest BCUT2D eigenvalue weighted by Crippen LogP contribution is 2.26. The highest BCUT2D eigenvalue weighted by molar-refractivity contribution is 5.91. The van der Waals surface area contributed by atoms with E-state index in [1.807, 2.05) is 31.3 Å². The number of nitrogens with two attached hydrogens (primary N) is 1. The minimum Gasteiger partial charge on any atom is -0.398 e. The zero-order valence-electron chi connectivity index (χ0n) is 11.7. The van der Waals surface area contributed by atoms with Crippen molar-refractivity contribution in [1.82, 2.24) is 9.97 Å². The molecule has 0 aliphatic rings. The molecule has 0 amide bonds. The van der Waals surface area contributed by atoms with Crippen LogP contribution in [-0.4, -0.2) is 9.97 Å². The topological polar surface area (TPSA) is 51.8 Å². The fraction of sp³-hybridized carbons (Fsp3) is 0.176. The molecule has 0 saturated carbocycles. The number of pyridine rings is 2. The van der Waals surface area contributed by atoms with E-state index in [9.17, 15) is 0 Å². The zero-order valence-corrected chi connectivity index (χ0v) is 11.7. The SMILES string of the molecule is Cc1cc(Cc2ccc3ncccc3c2N)c(C)cn1. The van der Waals surface area contributed by atoms with E-state index < -0.39 is 0 Å². The summed E-state index contributed by atoms with van der Waals surface area (Å²) in [4.78, 5) is 8.64. The Morgan fingerprint density at radius 1 is 1.05 bits per heavy atom. The van der Waals surface area contributed by atoms with Crippen molar-refractivity contribution >= 4 is 16.6 Å². The van der Waals surface area contributed by atoms with Crippen LogP contribution in [0.15, 0.2) is 42.7 Å². The smallest absolute Gasteiger partial charge is 0.0722 e. The van der Waals surface area contributed by atoms with Crippen LogP contribution in [-0.2, 0) is 6.42 Å². The Morgan fingerprint density at radius 3 is 2.75 bits per heavy atom. The average Bonchev–Trinajstić information content (AvgIpc) is 2.46. The Morgan fingerprint density at radius 2 is 1.90 bits per heavy atom. The molecule has 0 aliphatic heterocycles. The lowest BCUT2D eigenvalue weighted by molar-refractivity contribution is 1.08. The third-order valence-corrected chi connectivity index (χ3v) is 3.65. The minimum atomic E-state index is 0.824. The van der Waals surface area contributed by atoms with E-state index in [0.717, 1.165) is 34.3 Å². The average molecular weight is 263 g/mol. The molecule has 3 aromatic rings. The molecule has 20 heavy (non-hydrogen) atoms. The maximum atomic E-state index is 6.30. The first-order valence-corrected chi connectivity index (χ1v) is 6.69. The summed E-state index contributed by atoms with van der Waals surface area (Å²) >= 11 is 0. The molecule has 3 rings (SSSR count). The van der Waals surface area contributed by atoms with Crippen molar-refractivity contribution in [2.75, 3.05) is 5.73 Å². The van der Waals surface area contributed by atoms with Gasteiger partial charge in [0, 0.05) is 29.2 Å². The maximum Gasteiger partial charge on any atom is 0.0722 e. The Hall–Kier alpha value is -2.42. The van der Waals surface area contributed by atoms with Crippen LogP contribution in [0.2, 0.25) is 0 Å². The number of aryl methyl sites for hydroxylation is 2. The van der Waals surface area contributed by atoms with E-state index in [1.165, 1.54) is 11.1 Å². The number of nitrogens with zero attached hydrogens (tertiary/aromatic N) is 2. The molecular weight excluding hydrogens is 246 g/mol. The summed E-state index contributed by atoms with van der Waals surface area (Å²) in [6.45, 7) is 4.09. The first-order chi connectivity index (χ1) is 9.65. The lowest BCUT2D eigenvalue weighted by Gasteiger charge is -2.11. The van der Waals surface area contributed by atoms with Gasteiger partial charge in [-0.25, -0.2) is 0 Å². The quantitative estimate of drug-likeness (QED) is 0.721. The van der Waals surface area contributed by atoms with Crippen LogP contribution < -0.4 is 5.73 Å². The number of benzene rings is 1. The molecule has 0 aliphatic carbocycles. The number of fused-ring (bicyclic) bond motifs is 1. The van der Waals surface area contributed by atoms with E-state index >= 15 is 0 Å². The van der Waals surface area contributed by atoms with Crippen LogP contribution in [0.1, 0.15) is 22.4 Å². The number of hydrogen-bond donors (Lipinski definition) is 1. The van der Waals surface area contributed by atoms with Crippen molar-refractivity contribution in [3.63, 3.8) is 0 Å². The summed E-state index contributed by atoms with van der Waals surface area (Å²) < 4.78 is 0. The largest absolute Gasteiger partial charge is 0.398 e. The highest BCUT2D eigenvalue weighted by atomic mass is 14.7. The van der Waals surface area contributed by atoms with Gasteiger partial charge in [-0.15, -0.1) is 0 Å². The second-order valence-corrected chi connectivity index (χ2v) is 5.14. The fourth-order valence-electron chi connectivity index (χ4n) is 2.45. The lowest BCUT2D eigenvalue weighted by atomic mass is 9.98. The Bertz CT molecular complexity index is 778. The van der Waals surface area contributed by atoms with Crippen molar-refractivity contribution < 1.29 is 0 Å². The molecular formula is C17H17N3. The molecule has 2 heterocycles. The van der Waals surface area contributed by atoms with Crippen LogP contribution in [0.4, 0.5) is 5.69 Å². The molecule has 2 aromatic heterocycles. The Kier molecular flexibility index (Phi) is 3.11. The molecule has 100 valence electrons. The summed E-state index contributed by atoms with van der Waals surface area (Å²) in [5.74, 6) is 0. The van der Waals surface area contributed by atoms with Crippen LogP contribution in [0, 0.1) is 13.8 Å². The van der Waals surface area contributed by atoms with Crippen LogP contribution in [0.25, 0.3) is 10.9 Å². The van der Waals surface area contributed by atoms with Crippen molar-refractivity contribution in [3.8, 4) is 0 Å². The van der Waals surface area contributed by atoms with Gasteiger partial charge in [-0.05, 0) is 61.2 Å². The van der Waals surface area contributed by atoms with E-state index in [0.29, 0.717) is 0 Å². The number of rotatable bonds is 2. The summed E-state index contributed by atoms with van der Waals surface area (Å²) in [5.41, 5.74) is 12.7. The monoisotopic (exact) mass is 263 g/mol. The van der Waals surface area contributed by atoms with E-state index in [-0.39, 0.29) is 0 Å². The molecule has 0 unspecified atom stereocenters. The molecule has 0 saturated heterocycles. The summed E-state index contributed by atoms with van der Waals surface area (Å²) in [6.07, 6.45) is 4.53. The van der Waals surface area contributed by atoms with E-state index in [1.54, 1.807) is 6.20 Å². The van der Waals surface area contributed by atoms with Crippen LogP contribution in [0.3, 0.4) is 0 Å². The second-order valence-electron chi connectivity index (χ2n) is 5.14. The first kappa shape index (κ1) is 12.6. The number of aromatic nitrogens is 2. The molecule has 0 bridgehead atoms. The Balaban J connectivity index is 2.07. The van der Waals surface area contributed by atoms with Gasteiger partial charge >= 0.3 is 0 Å². The molecule has 3 nitrogen and oxygen atoms in total. The van der Waals surface area contributed by atoms with Gasteiger partial charge in [0.05, 0.1) is 5.52 Å². The van der Waals surface area contributed by atoms with Crippen molar-refractivity contribution in [2.24, 2.45) is 0 Å². The highest BCUT2D eigenvalue weighted by Gasteiger charge is 2.08. The first-order valence-electron chi connectivity index (χ1n) is 6.69. The van der Waals surface area contributed by atoms with Gasteiger partial charge in [0.15, 0.2) is 0 Å². The third-order valence-electron chi connectivity index (χ3n) is 3.65. The van der Waals surface area contributed by atoms with Gasteiger partial charge in [-0.3, -0.25) is 9.97 Å². The number of nitrogen functional groups attached to an aromatic ring is 1.